The maximum atomic E-state index is 4.91. The molecule has 0 aromatic carbocycles. The second-order valence-corrected chi connectivity index (χ2v) is 8.57. The van der Waals surface area contributed by atoms with Gasteiger partial charge in [-0.15, -0.1) is 12.6 Å². The van der Waals surface area contributed by atoms with Crippen LogP contribution in [0.15, 0.2) is 11.5 Å². The van der Waals surface area contributed by atoms with Gasteiger partial charge in [0.15, 0.2) is 0 Å². The molecule has 3 nitrogen and oxygen atoms in total. The van der Waals surface area contributed by atoms with Gasteiger partial charge in [-0.25, -0.2) is 0 Å². The summed E-state index contributed by atoms with van der Waals surface area (Å²) in [6.45, 7) is 20.5. The van der Waals surface area contributed by atoms with Gasteiger partial charge in [0.25, 0.3) is 0 Å². The molecule has 0 N–H and O–H groups in total. The van der Waals surface area contributed by atoms with Crippen molar-refractivity contribution in [2.45, 2.75) is 86.6 Å². The first-order valence-electron chi connectivity index (χ1n) is 9.44. The van der Waals surface area contributed by atoms with E-state index in [0.717, 1.165) is 22.8 Å². The van der Waals surface area contributed by atoms with Gasteiger partial charge in [-0.1, -0.05) is 67.4 Å². The van der Waals surface area contributed by atoms with Crippen LogP contribution < -0.4 is 0 Å². The van der Waals surface area contributed by atoms with E-state index in [2.05, 4.69) is 67.7 Å². The Morgan fingerprint density at radius 1 is 1.25 bits per heavy atom. The first-order valence-corrected chi connectivity index (χ1v) is 9.89. The number of thiol groups is 1. The van der Waals surface area contributed by atoms with Gasteiger partial charge < -0.3 is 0 Å². The Bertz CT molecular complexity index is 531. The molecular formula is C20H37N3S. The summed E-state index contributed by atoms with van der Waals surface area (Å²) in [5.41, 5.74) is 2.03. The molecule has 1 rings (SSSR count). The molecule has 1 aromatic heterocycles. The molecule has 0 saturated heterocycles. The summed E-state index contributed by atoms with van der Waals surface area (Å²) in [5.74, 6) is 1.39. The van der Waals surface area contributed by atoms with Crippen molar-refractivity contribution >= 4 is 12.6 Å². The van der Waals surface area contributed by atoms with Gasteiger partial charge in [-0.05, 0) is 30.1 Å². The Morgan fingerprint density at radius 2 is 1.88 bits per heavy atom. The first-order chi connectivity index (χ1) is 11.1. The molecular weight excluding hydrogens is 314 g/mol. The van der Waals surface area contributed by atoms with Crippen molar-refractivity contribution in [1.82, 2.24) is 15.0 Å². The molecule has 1 aromatic rings. The third-order valence-electron chi connectivity index (χ3n) is 5.31. The molecule has 0 aliphatic heterocycles. The van der Waals surface area contributed by atoms with E-state index in [1.807, 2.05) is 4.80 Å². The lowest BCUT2D eigenvalue weighted by Crippen LogP contribution is -2.28. The van der Waals surface area contributed by atoms with E-state index < -0.39 is 0 Å². The largest absolute Gasteiger partial charge is 0.184 e. The van der Waals surface area contributed by atoms with Crippen molar-refractivity contribution in [1.29, 1.82) is 0 Å². The van der Waals surface area contributed by atoms with Crippen LogP contribution in [-0.4, -0.2) is 15.0 Å². The van der Waals surface area contributed by atoms with Gasteiger partial charge in [-0.3, -0.25) is 0 Å². The Kier molecular flexibility index (Phi) is 8.04. The Morgan fingerprint density at radius 3 is 2.33 bits per heavy atom. The van der Waals surface area contributed by atoms with E-state index in [1.165, 1.54) is 25.7 Å². The third kappa shape index (κ3) is 5.11. The number of aryl methyl sites for hydroxylation is 1. The smallest absolute Gasteiger partial charge is 0.0898 e. The van der Waals surface area contributed by atoms with Gasteiger partial charge in [-0.2, -0.15) is 15.0 Å². The topological polar surface area (TPSA) is 30.7 Å². The van der Waals surface area contributed by atoms with E-state index in [4.69, 9.17) is 10.2 Å². The second kappa shape index (κ2) is 9.07. The minimum atomic E-state index is -0.116. The van der Waals surface area contributed by atoms with Crippen LogP contribution in [0.3, 0.4) is 0 Å². The monoisotopic (exact) mass is 351 g/mol. The third-order valence-corrected chi connectivity index (χ3v) is 5.88. The van der Waals surface area contributed by atoms with Crippen LogP contribution in [0.4, 0.5) is 0 Å². The van der Waals surface area contributed by atoms with Crippen LogP contribution >= 0.6 is 12.6 Å². The SMILES string of the molecule is C=C(S)C(C)(C)C(c1nn(CC(CC)CCCC)nc1C)C(C)C. The van der Waals surface area contributed by atoms with E-state index >= 15 is 0 Å². The summed E-state index contributed by atoms with van der Waals surface area (Å²) >= 11 is 4.56. The van der Waals surface area contributed by atoms with E-state index in [1.54, 1.807) is 0 Å². The van der Waals surface area contributed by atoms with Crippen LogP contribution in [0, 0.1) is 24.2 Å². The summed E-state index contributed by atoms with van der Waals surface area (Å²) in [6.07, 6.45) is 4.98. The molecule has 2 atom stereocenters. The minimum absolute atomic E-state index is 0.116. The van der Waals surface area contributed by atoms with E-state index in [9.17, 15) is 0 Å². The van der Waals surface area contributed by atoms with Gasteiger partial charge in [0.05, 0.1) is 17.9 Å². The lowest BCUT2D eigenvalue weighted by molar-refractivity contribution is 0.282. The maximum Gasteiger partial charge on any atom is 0.0898 e. The van der Waals surface area contributed by atoms with Crippen molar-refractivity contribution in [3.63, 3.8) is 0 Å². The zero-order chi connectivity index (χ0) is 18.5. The fraction of sp³-hybridized carbons (Fsp3) is 0.800. The average Bonchev–Trinajstić information content (AvgIpc) is 2.83. The highest BCUT2D eigenvalue weighted by Crippen LogP contribution is 2.46. The molecule has 0 spiro atoms. The minimum Gasteiger partial charge on any atom is -0.184 e. The Hall–Kier alpha value is -0.770. The zero-order valence-corrected chi connectivity index (χ0v) is 17.7. The molecule has 138 valence electrons. The number of rotatable bonds is 10. The van der Waals surface area contributed by atoms with Crippen molar-refractivity contribution in [3.05, 3.63) is 22.9 Å². The van der Waals surface area contributed by atoms with Crippen molar-refractivity contribution in [2.75, 3.05) is 0 Å². The summed E-state index contributed by atoms with van der Waals surface area (Å²) in [7, 11) is 0. The molecule has 0 fully saturated rings. The standard InChI is InChI=1S/C20H37N3S/c1-9-11-12-17(10-2)13-23-21-15(5)19(22-23)18(14(3)4)20(7,8)16(6)24/h14,17-18,24H,6,9-13H2,1-5,7-8H3. The van der Waals surface area contributed by atoms with Crippen LogP contribution in [0.25, 0.3) is 0 Å². The van der Waals surface area contributed by atoms with Crippen LogP contribution in [0.5, 0.6) is 0 Å². The lowest BCUT2D eigenvalue weighted by atomic mass is 9.70. The zero-order valence-electron chi connectivity index (χ0n) is 16.8. The van der Waals surface area contributed by atoms with Crippen molar-refractivity contribution < 1.29 is 0 Å². The summed E-state index contributed by atoms with van der Waals surface area (Å²) < 4.78 is 0. The highest BCUT2D eigenvalue weighted by atomic mass is 32.1. The molecule has 0 amide bonds. The molecule has 4 heteroatoms. The predicted octanol–water partition coefficient (Wildman–Crippen LogP) is 6.01. The summed E-state index contributed by atoms with van der Waals surface area (Å²) in [5, 5.41) is 9.64. The van der Waals surface area contributed by atoms with E-state index in [-0.39, 0.29) is 11.3 Å². The number of unbranched alkanes of at least 4 members (excludes halogenated alkanes) is 1. The number of aromatic nitrogens is 3. The average molecular weight is 352 g/mol. The molecule has 1 heterocycles. The predicted molar refractivity (Wildman–Crippen MR) is 108 cm³/mol. The maximum absolute atomic E-state index is 4.91. The van der Waals surface area contributed by atoms with Gasteiger partial charge in [0.1, 0.15) is 0 Å². The van der Waals surface area contributed by atoms with Gasteiger partial charge >= 0.3 is 0 Å². The fourth-order valence-corrected chi connectivity index (χ4v) is 3.77. The Labute approximate surface area is 154 Å². The van der Waals surface area contributed by atoms with Gasteiger partial charge in [0.2, 0.25) is 0 Å². The first kappa shape index (κ1) is 21.3. The fourth-order valence-electron chi connectivity index (χ4n) is 3.63. The second-order valence-electron chi connectivity index (χ2n) is 8.03. The van der Waals surface area contributed by atoms with Crippen molar-refractivity contribution in [3.8, 4) is 0 Å². The normalized spacial score (nSPS) is 14.9. The molecule has 0 bridgehead atoms. The van der Waals surface area contributed by atoms with Gasteiger partial charge in [0, 0.05) is 11.3 Å². The molecule has 0 radical (unpaired) electrons. The number of hydrogen-bond acceptors (Lipinski definition) is 3. The van der Waals surface area contributed by atoms with Crippen LogP contribution in [-0.2, 0) is 6.54 Å². The number of nitrogens with zero attached hydrogens (tertiary/aromatic N) is 3. The number of allylic oxidation sites excluding steroid dienone is 1. The number of hydrogen-bond donors (Lipinski definition) is 1. The van der Waals surface area contributed by atoms with Crippen LogP contribution in [0.2, 0.25) is 0 Å². The molecule has 24 heavy (non-hydrogen) atoms. The molecule has 0 aliphatic carbocycles. The molecule has 0 aliphatic rings. The van der Waals surface area contributed by atoms with E-state index in [0.29, 0.717) is 11.8 Å². The summed E-state index contributed by atoms with van der Waals surface area (Å²) in [4.78, 5) is 2.84. The molecule has 2 unspecified atom stereocenters. The lowest BCUT2D eigenvalue weighted by Gasteiger charge is -2.36. The van der Waals surface area contributed by atoms with Crippen LogP contribution in [0.1, 0.15) is 84.5 Å². The Balaban J connectivity index is 3.08. The quantitative estimate of drug-likeness (QED) is 0.523. The van der Waals surface area contributed by atoms with Crippen molar-refractivity contribution in [2.24, 2.45) is 17.3 Å². The highest BCUT2D eigenvalue weighted by molar-refractivity contribution is 7.84. The summed E-state index contributed by atoms with van der Waals surface area (Å²) in [6, 6.07) is 0. The highest BCUT2D eigenvalue weighted by Gasteiger charge is 2.37. The molecule has 0 saturated carbocycles.